The molecule has 0 rings (SSSR count). The lowest BCUT2D eigenvalue weighted by atomic mass is 10.4. The fraction of sp³-hybridized carbons (Fsp3) is 0. The molecule has 0 spiro atoms. The Balaban J connectivity index is 3.52. The van der Waals surface area contributed by atoms with E-state index in [0.29, 0.717) is 0 Å². The standard InChI is InChI=1S/C4H3OS/c1-4(2-5)3-6/h3H,1H2. The molecule has 0 unspecified atom stereocenters. The minimum Gasteiger partial charge on any atom is -0.285 e. The van der Waals surface area contributed by atoms with Gasteiger partial charge < -0.3 is 0 Å². The molecule has 0 aliphatic carbocycles. The molecular weight excluding hydrogens is 96.1 g/mol. The summed E-state index contributed by atoms with van der Waals surface area (Å²) in [6.45, 7) is 3.21. The summed E-state index contributed by atoms with van der Waals surface area (Å²) in [5.74, 6) is 0. The van der Waals surface area contributed by atoms with Crippen molar-refractivity contribution >= 4 is 23.9 Å². The summed E-state index contributed by atoms with van der Waals surface area (Å²) in [7, 11) is 0. The maximum absolute atomic E-state index is 9.41. The van der Waals surface area contributed by atoms with Crippen molar-refractivity contribution in [1.82, 2.24) is 0 Å². The van der Waals surface area contributed by atoms with Gasteiger partial charge in [-0.25, -0.2) is 0 Å². The van der Waals surface area contributed by atoms with Crippen LogP contribution in [0.1, 0.15) is 0 Å². The minimum atomic E-state index is 0.227. The van der Waals surface area contributed by atoms with Crippen LogP contribution in [-0.2, 0) is 4.79 Å². The van der Waals surface area contributed by atoms with Crippen LogP contribution < -0.4 is 0 Å². The van der Waals surface area contributed by atoms with Gasteiger partial charge in [0.1, 0.15) is 0 Å². The van der Waals surface area contributed by atoms with Gasteiger partial charge in [-0.3, -0.25) is 4.79 Å². The molecule has 1 nitrogen and oxygen atoms in total. The van der Waals surface area contributed by atoms with Gasteiger partial charge in [-0.15, -0.1) is 0 Å². The van der Waals surface area contributed by atoms with E-state index in [4.69, 9.17) is 0 Å². The van der Waals surface area contributed by atoms with E-state index in [-0.39, 0.29) is 5.57 Å². The quantitative estimate of drug-likeness (QED) is 0.373. The van der Waals surface area contributed by atoms with Crippen LogP contribution in [0.3, 0.4) is 0 Å². The number of allylic oxidation sites excluding steroid dienone is 1. The highest BCUT2D eigenvalue weighted by molar-refractivity contribution is 7.79. The second-order valence-corrected chi connectivity index (χ2v) is 0.981. The lowest BCUT2D eigenvalue weighted by Crippen LogP contribution is -1.75. The predicted octanol–water partition coefficient (Wildman–Crippen LogP) is 0.652. The molecule has 31 valence electrons. The van der Waals surface area contributed by atoms with Crippen LogP contribution in [0.5, 0.6) is 0 Å². The number of hydrogen-bond acceptors (Lipinski definition) is 2. The molecule has 0 saturated heterocycles. The highest BCUT2D eigenvalue weighted by Gasteiger charge is 1.76. The van der Waals surface area contributed by atoms with Crippen molar-refractivity contribution in [1.29, 1.82) is 0 Å². The number of thiocarbonyl (C=S) groups is 1. The molecule has 0 heterocycles. The first-order chi connectivity index (χ1) is 2.81. The molecule has 0 fully saturated rings. The molecule has 0 amide bonds. The normalized spacial score (nSPS) is 6.67. The summed E-state index contributed by atoms with van der Waals surface area (Å²) in [6.07, 6.45) is 1.51. The first-order valence-electron chi connectivity index (χ1n) is 1.33. The van der Waals surface area contributed by atoms with E-state index >= 15 is 0 Å². The Hall–Kier alpha value is -0.500. The molecule has 0 aromatic rings. The van der Waals surface area contributed by atoms with Gasteiger partial charge >= 0.3 is 0 Å². The topological polar surface area (TPSA) is 17.1 Å². The Morgan fingerprint density at radius 1 is 2.00 bits per heavy atom. The van der Waals surface area contributed by atoms with Crippen LogP contribution in [0.15, 0.2) is 12.2 Å². The van der Waals surface area contributed by atoms with Crippen molar-refractivity contribution in [3.8, 4) is 0 Å². The van der Waals surface area contributed by atoms with Gasteiger partial charge in [0, 0.05) is 10.9 Å². The molecule has 0 saturated carbocycles. The van der Waals surface area contributed by atoms with E-state index in [1.165, 1.54) is 11.7 Å². The second-order valence-electron chi connectivity index (χ2n) is 0.745. The Labute approximate surface area is 41.7 Å². The van der Waals surface area contributed by atoms with Gasteiger partial charge in [0.2, 0.25) is 6.29 Å². The third kappa shape index (κ3) is 1.79. The summed E-state index contributed by atoms with van der Waals surface area (Å²) in [5.41, 5.74) is 0.227. The van der Waals surface area contributed by atoms with Crippen molar-refractivity contribution in [2.45, 2.75) is 0 Å². The molecule has 0 aromatic heterocycles. The maximum Gasteiger partial charge on any atom is 0.233 e. The average molecular weight is 99.1 g/mol. The average Bonchev–Trinajstić information content (AvgIpc) is 1.65. The van der Waals surface area contributed by atoms with Crippen molar-refractivity contribution in [2.75, 3.05) is 0 Å². The Bertz CT molecular complexity index is 75.5. The van der Waals surface area contributed by atoms with Crippen LogP contribution >= 0.6 is 12.2 Å². The van der Waals surface area contributed by atoms with E-state index in [0.717, 1.165) is 0 Å². The second kappa shape index (κ2) is 2.72. The Morgan fingerprint density at radius 3 is 2.50 bits per heavy atom. The maximum atomic E-state index is 9.41. The molecule has 0 atom stereocenters. The summed E-state index contributed by atoms with van der Waals surface area (Å²) in [6, 6.07) is 0. The molecule has 0 aliphatic heterocycles. The van der Waals surface area contributed by atoms with E-state index < -0.39 is 0 Å². The van der Waals surface area contributed by atoms with Gasteiger partial charge in [-0.05, 0) is 0 Å². The molecule has 0 bridgehead atoms. The zero-order chi connectivity index (χ0) is 4.99. The molecule has 1 radical (unpaired) electrons. The van der Waals surface area contributed by atoms with E-state index in [9.17, 15) is 4.79 Å². The summed E-state index contributed by atoms with van der Waals surface area (Å²) in [4.78, 5) is 9.41. The summed E-state index contributed by atoms with van der Waals surface area (Å²) < 4.78 is 0. The van der Waals surface area contributed by atoms with Crippen LogP contribution in [0.25, 0.3) is 0 Å². The predicted molar refractivity (Wildman–Crippen MR) is 28.5 cm³/mol. The van der Waals surface area contributed by atoms with Gasteiger partial charge in [-0.2, -0.15) is 0 Å². The highest BCUT2D eigenvalue weighted by Crippen LogP contribution is 1.72. The largest absolute Gasteiger partial charge is 0.285 e. The third-order valence-corrected chi connectivity index (χ3v) is 0.558. The molecular formula is C4H3OS. The molecule has 0 N–H and O–H groups in total. The monoisotopic (exact) mass is 99.0 g/mol. The summed E-state index contributed by atoms with van der Waals surface area (Å²) in [5, 5.41) is 1.19. The van der Waals surface area contributed by atoms with E-state index in [2.05, 4.69) is 18.8 Å². The van der Waals surface area contributed by atoms with Gasteiger partial charge in [-0.1, -0.05) is 18.8 Å². The van der Waals surface area contributed by atoms with Crippen LogP contribution in [0.4, 0.5) is 0 Å². The summed E-state index contributed by atoms with van der Waals surface area (Å²) >= 11 is 4.29. The van der Waals surface area contributed by atoms with E-state index in [1.807, 2.05) is 0 Å². The zero-order valence-corrected chi connectivity index (χ0v) is 3.92. The fourth-order valence-corrected chi connectivity index (χ4v) is 0.0722. The lowest BCUT2D eigenvalue weighted by molar-refractivity contribution is 0.563. The van der Waals surface area contributed by atoms with Gasteiger partial charge in [0.25, 0.3) is 0 Å². The van der Waals surface area contributed by atoms with Crippen molar-refractivity contribution in [3.63, 3.8) is 0 Å². The zero-order valence-electron chi connectivity index (χ0n) is 3.10. The Morgan fingerprint density at radius 2 is 2.50 bits per heavy atom. The molecule has 0 aromatic carbocycles. The Kier molecular flexibility index (Phi) is 2.50. The minimum absolute atomic E-state index is 0.227. The fourth-order valence-electron chi connectivity index (χ4n) is 0.0241. The van der Waals surface area contributed by atoms with Crippen LogP contribution in [-0.4, -0.2) is 11.7 Å². The van der Waals surface area contributed by atoms with E-state index in [1.54, 1.807) is 0 Å². The first kappa shape index (κ1) is 5.50. The van der Waals surface area contributed by atoms with Crippen molar-refractivity contribution < 1.29 is 4.79 Å². The molecule has 6 heavy (non-hydrogen) atoms. The number of rotatable bonds is 2. The van der Waals surface area contributed by atoms with Gasteiger partial charge in [0.05, 0.1) is 0 Å². The highest BCUT2D eigenvalue weighted by atomic mass is 32.1. The molecule has 0 aliphatic rings. The lowest BCUT2D eigenvalue weighted by Gasteiger charge is -1.67. The SMILES string of the molecule is C=C([C]=O)C=S. The van der Waals surface area contributed by atoms with Gasteiger partial charge in [0.15, 0.2) is 0 Å². The van der Waals surface area contributed by atoms with Crippen molar-refractivity contribution in [2.24, 2.45) is 0 Å². The van der Waals surface area contributed by atoms with Crippen molar-refractivity contribution in [3.05, 3.63) is 12.2 Å². The first-order valence-corrected chi connectivity index (χ1v) is 1.80. The van der Waals surface area contributed by atoms with Crippen LogP contribution in [0, 0.1) is 0 Å². The number of hydrogen-bond donors (Lipinski definition) is 0. The van der Waals surface area contributed by atoms with Crippen LogP contribution in [0.2, 0.25) is 0 Å². The number of carbonyl (C=O) groups excluding carboxylic acids is 1. The smallest absolute Gasteiger partial charge is 0.233 e. The third-order valence-electron chi connectivity index (χ3n) is 0.273. The molecule has 2 heteroatoms.